The summed E-state index contributed by atoms with van der Waals surface area (Å²) >= 11 is 6.36. The molecule has 176 valence electrons. The minimum Gasteiger partial charge on any atom is -0.493 e. The average molecular weight is 511 g/mol. The maximum absolute atomic E-state index is 13.9. The summed E-state index contributed by atoms with van der Waals surface area (Å²) in [4.78, 5) is 37.4. The van der Waals surface area contributed by atoms with Gasteiger partial charge in [-0.15, -0.1) is 0 Å². The van der Waals surface area contributed by atoms with Gasteiger partial charge in [0.2, 0.25) is 0 Å². The molecule has 0 N–H and O–H groups in total. The molecule has 0 radical (unpaired) electrons. The maximum atomic E-state index is 13.9. The number of methoxy groups -OCH3 is 1. The van der Waals surface area contributed by atoms with Crippen molar-refractivity contribution in [1.29, 1.82) is 0 Å². The van der Waals surface area contributed by atoms with E-state index in [9.17, 15) is 24.1 Å². The Morgan fingerprint density at radius 3 is 2.60 bits per heavy atom. The van der Waals surface area contributed by atoms with Crippen LogP contribution in [-0.2, 0) is 4.79 Å². The van der Waals surface area contributed by atoms with Crippen LogP contribution in [0.5, 0.6) is 11.5 Å². The Bertz CT molecular complexity index is 1410. The lowest BCUT2D eigenvalue weighted by atomic mass is 10.1. The lowest BCUT2D eigenvalue weighted by molar-refractivity contribution is -0.384. The summed E-state index contributed by atoms with van der Waals surface area (Å²) in [5.41, 5.74) is 0.458. The number of carbonyl (C=O) groups is 2. The number of thioether (sulfide) groups is 1. The number of thiocarbonyl (C=S) groups is 1. The Morgan fingerprint density at radius 2 is 1.89 bits per heavy atom. The summed E-state index contributed by atoms with van der Waals surface area (Å²) in [6, 6.07) is 15.7. The number of benzene rings is 3. The smallest absolute Gasteiger partial charge is 0.346 e. The Morgan fingerprint density at radius 1 is 1.11 bits per heavy atom. The first-order valence-electron chi connectivity index (χ1n) is 9.95. The van der Waals surface area contributed by atoms with Crippen LogP contribution in [-0.4, -0.2) is 28.2 Å². The standard InChI is InChI=1S/C24H15FN2O6S2/c1-32-20-11-14(9-10-19(20)33-23(29)17-7-2-3-8-18(17)25)12-21-22(28)26(24(34)35-21)15-5-4-6-16(13-15)27(30)31/h2-13H,1H3/b21-12+. The molecule has 0 spiro atoms. The number of halogens is 1. The second-order valence-electron chi connectivity index (χ2n) is 7.07. The highest BCUT2D eigenvalue weighted by Gasteiger charge is 2.34. The molecule has 1 saturated heterocycles. The van der Waals surface area contributed by atoms with E-state index in [-0.39, 0.29) is 32.8 Å². The molecular weight excluding hydrogens is 495 g/mol. The molecule has 4 rings (SSSR count). The molecule has 35 heavy (non-hydrogen) atoms. The third-order valence-corrected chi connectivity index (χ3v) is 6.18. The Hall–Kier alpha value is -4.09. The minimum atomic E-state index is -0.882. The fourth-order valence-corrected chi connectivity index (χ4v) is 4.53. The third-order valence-electron chi connectivity index (χ3n) is 4.87. The highest BCUT2D eigenvalue weighted by Crippen LogP contribution is 2.38. The van der Waals surface area contributed by atoms with Crippen molar-refractivity contribution in [3.63, 3.8) is 0 Å². The van der Waals surface area contributed by atoms with E-state index in [1.807, 2.05) is 0 Å². The van der Waals surface area contributed by atoms with Crippen molar-refractivity contribution < 1.29 is 28.4 Å². The number of anilines is 1. The number of non-ortho nitro benzene ring substituents is 1. The van der Waals surface area contributed by atoms with E-state index in [0.29, 0.717) is 10.5 Å². The van der Waals surface area contributed by atoms with Crippen LogP contribution in [0.4, 0.5) is 15.8 Å². The van der Waals surface area contributed by atoms with Gasteiger partial charge in [-0.3, -0.25) is 19.8 Å². The Balaban J connectivity index is 1.58. The molecule has 0 aromatic heterocycles. The second kappa shape index (κ2) is 10.0. The molecular formula is C24H15FN2O6S2. The van der Waals surface area contributed by atoms with Crippen LogP contribution in [0.3, 0.4) is 0 Å². The van der Waals surface area contributed by atoms with Crippen LogP contribution in [0.2, 0.25) is 0 Å². The summed E-state index contributed by atoms with van der Waals surface area (Å²) in [5.74, 6) is -1.76. The van der Waals surface area contributed by atoms with Crippen LogP contribution in [0.1, 0.15) is 15.9 Å². The molecule has 1 amide bonds. The predicted octanol–water partition coefficient (Wildman–Crippen LogP) is 5.37. The summed E-state index contributed by atoms with van der Waals surface area (Å²) in [7, 11) is 1.38. The van der Waals surface area contributed by atoms with Crippen molar-refractivity contribution in [2.45, 2.75) is 0 Å². The SMILES string of the molecule is COc1cc(/C=C2/SC(=S)N(c3cccc([N+](=O)[O-])c3)C2=O)ccc1OC(=O)c1ccccc1F. The van der Waals surface area contributed by atoms with Crippen LogP contribution in [0, 0.1) is 15.9 Å². The highest BCUT2D eigenvalue weighted by molar-refractivity contribution is 8.27. The number of hydrogen-bond acceptors (Lipinski definition) is 8. The third kappa shape index (κ3) is 5.05. The van der Waals surface area contributed by atoms with Gasteiger partial charge in [-0.2, -0.15) is 0 Å². The monoisotopic (exact) mass is 510 g/mol. The summed E-state index contributed by atoms with van der Waals surface area (Å²) in [6.07, 6.45) is 1.57. The molecule has 1 fully saturated rings. The first-order valence-corrected chi connectivity index (χ1v) is 11.2. The largest absolute Gasteiger partial charge is 0.493 e. The molecule has 0 bridgehead atoms. The van der Waals surface area contributed by atoms with Crippen LogP contribution >= 0.6 is 24.0 Å². The molecule has 3 aromatic rings. The van der Waals surface area contributed by atoms with E-state index in [1.165, 1.54) is 54.5 Å². The van der Waals surface area contributed by atoms with Gasteiger partial charge < -0.3 is 9.47 Å². The molecule has 8 nitrogen and oxygen atoms in total. The molecule has 1 aliphatic rings. The van der Waals surface area contributed by atoms with Gasteiger partial charge in [-0.25, -0.2) is 9.18 Å². The number of nitrogens with zero attached hydrogens (tertiary/aromatic N) is 2. The van der Waals surface area contributed by atoms with E-state index in [0.717, 1.165) is 17.8 Å². The fourth-order valence-electron chi connectivity index (χ4n) is 3.23. The molecule has 0 unspecified atom stereocenters. The van der Waals surface area contributed by atoms with Crippen molar-refractivity contribution in [2.24, 2.45) is 0 Å². The minimum absolute atomic E-state index is 0.0713. The fraction of sp³-hybridized carbons (Fsp3) is 0.0417. The number of nitro groups is 1. The molecule has 0 atom stereocenters. The zero-order chi connectivity index (χ0) is 25.1. The Kier molecular flexibility index (Phi) is 6.90. The van der Waals surface area contributed by atoms with Crippen molar-refractivity contribution >= 4 is 57.6 Å². The van der Waals surface area contributed by atoms with Crippen molar-refractivity contribution in [3.8, 4) is 11.5 Å². The van der Waals surface area contributed by atoms with Gasteiger partial charge in [0.05, 0.1) is 28.2 Å². The van der Waals surface area contributed by atoms with Gasteiger partial charge in [0, 0.05) is 12.1 Å². The van der Waals surface area contributed by atoms with E-state index < -0.39 is 22.6 Å². The van der Waals surface area contributed by atoms with Gasteiger partial charge in [0.25, 0.3) is 11.6 Å². The van der Waals surface area contributed by atoms with Gasteiger partial charge in [0.15, 0.2) is 15.8 Å². The summed E-state index contributed by atoms with van der Waals surface area (Å²) < 4.78 is 24.7. The number of carbonyl (C=O) groups excluding carboxylic acids is 2. The van der Waals surface area contributed by atoms with Crippen molar-refractivity contribution in [1.82, 2.24) is 0 Å². The first kappa shape index (κ1) is 24.0. The zero-order valence-electron chi connectivity index (χ0n) is 18.0. The zero-order valence-corrected chi connectivity index (χ0v) is 19.6. The summed E-state index contributed by atoms with van der Waals surface area (Å²) in [6.45, 7) is 0. The topological polar surface area (TPSA) is 99.0 Å². The first-order chi connectivity index (χ1) is 16.8. The van der Waals surface area contributed by atoms with Crippen molar-refractivity contribution in [3.05, 3.63) is 98.7 Å². The highest BCUT2D eigenvalue weighted by atomic mass is 32.2. The number of nitro benzene ring substituents is 1. The van der Waals surface area contributed by atoms with E-state index in [1.54, 1.807) is 24.3 Å². The van der Waals surface area contributed by atoms with Crippen molar-refractivity contribution in [2.75, 3.05) is 12.0 Å². The lowest BCUT2D eigenvalue weighted by Gasteiger charge is -2.14. The molecule has 1 heterocycles. The van der Waals surface area contributed by atoms with E-state index in [4.69, 9.17) is 21.7 Å². The quantitative estimate of drug-likeness (QED) is 0.109. The number of hydrogen-bond donors (Lipinski definition) is 0. The average Bonchev–Trinajstić information content (AvgIpc) is 3.12. The van der Waals surface area contributed by atoms with Gasteiger partial charge >= 0.3 is 5.97 Å². The molecule has 3 aromatic carbocycles. The number of ether oxygens (including phenoxy) is 2. The molecule has 0 saturated carbocycles. The predicted molar refractivity (Wildman–Crippen MR) is 133 cm³/mol. The number of amides is 1. The molecule has 11 heteroatoms. The normalized spacial score (nSPS) is 14.3. The van der Waals surface area contributed by atoms with E-state index >= 15 is 0 Å². The molecule has 0 aliphatic carbocycles. The van der Waals surface area contributed by atoms with Crippen LogP contribution < -0.4 is 14.4 Å². The van der Waals surface area contributed by atoms with Gasteiger partial charge in [-0.05, 0) is 42.0 Å². The van der Waals surface area contributed by atoms with E-state index in [2.05, 4.69) is 0 Å². The van der Waals surface area contributed by atoms with Gasteiger partial charge in [-0.1, -0.05) is 48.2 Å². The number of esters is 1. The lowest BCUT2D eigenvalue weighted by Crippen LogP contribution is -2.27. The van der Waals surface area contributed by atoms with Crippen LogP contribution in [0.25, 0.3) is 6.08 Å². The number of rotatable bonds is 6. The van der Waals surface area contributed by atoms with Gasteiger partial charge in [0.1, 0.15) is 5.82 Å². The molecule has 1 aliphatic heterocycles. The van der Waals surface area contributed by atoms with Crippen LogP contribution in [0.15, 0.2) is 71.6 Å². The second-order valence-corrected chi connectivity index (χ2v) is 8.75. The summed E-state index contributed by atoms with van der Waals surface area (Å²) in [5, 5.41) is 11.1. The Labute approximate surface area is 208 Å². The maximum Gasteiger partial charge on any atom is 0.346 e.